The zero-order chi connectivity index (χ0) is 15.6. The molecule has 0 aliphatic rings. The fraction of sp³-hybridized carbons (Fsp3) is 0.857. The summed E-state index contributed by atoms with van der Waals surface area (Å²) in [6.07, 6.45) is 13.3. The van der Waals surface area contributed by atoms with Crippen LogP contribution in [0.3, 0.4) is 0 Å². The number of hydrogen-bond acceptors (Lipinski definition) is 3. The predicted octanol–water partition coefficient (Wildman–Crippen LogP) is 4.16. The van der Waals surface area contributed by atoms with E-state index in [1.807, 2.05) is 0 Å². The minimum Gasteiger partial charge on any atom is -0.471 e. The SMILES string of the molecule is CCCCCCCCCCCCOC(N)=S.NC(=O)S.[Zn]. The molecule has 0 spiro atoms. The van der Waals surface area contributed by atoms with E-state index in [-0.39, 0.29) is 24.7 Å². The molecule has 4 N–H and O–H groups in total. The van der Waals surface area contributed by atoms with Crippen molar-refractivity contribution in [2.24, 2.45) is 11.5 Å². The second kappa shape index (κ2) is 22.4. The third-order valence-electron chi connectivity index (χ3n) is 2.74. The summed E-state index contributed by atoms with van der Waals surface area (Å²) in [5.74, 6) is 0. The Labute approximate surface area is 153 Å². The standard InChI is InChI=1S/C13H27NOS.CH3NOS.Zn/c1-2-3-4-5-6-7-8-9-10-11-12-15-13(14)16;2-1(3)4;/h2-12H2,1H3,(H2,14,16);(H3,2,3,4);. The van der Waals surface area contributed by atoms with Crippen molar-refractivity contribution >= 4 is 35.3 Å². The molecule has 122 valence electrons. The monoisotopic (exact) mass is 386 g/mol. The molecule has 0 saturated carbocycles. The normalized spacial score (nSPS) is 9.05. The van der Waals surface area contributed by atoms with Crippen LogP contribution in [-0.2, 0) is 24.2 Å². The van der Waals surface area contributed by atoms with Gasteiger partial charge >= 0.3 is 0 Å². The molecule has 0 aliphatic carbocycles. The molecule has 0 heterocycles. The van der Waals surface area contributed by atoms with E-state index in [1.54, 1.807) is 0 Å². The molecule has 0 unspecified atom stereocenters. The maximum Gasteiger partial charge on any atom is 0.273 e. The summed E-state index contributed by atoms with van der Waals surface area (Å²) >= 11 is 7.73. The quantitative estimate of drug-likeness (QED) is 0.215. The number of primary amides is 1. The fourth-order valence-corrected chi connectivity index (χ4v) is 1.85. The van der Waals surface area contributed by atoms with Crippen LogP contribution in [0.2, 0.25) is 0 Å². The van der Waals surface area contributed by atoms with Gasteiger partial charge in [0.25, 0.3) is 10.4 Å². The maximum absolute atomic E-state index is 9.09. The molecule has 0 fully saturated rings. The van der Waals surface area contributed by atoms with Gasteiger partial charge in [0.2, 0.25) is 0 Å². The predicted molar refractivity (Wildman–Crippen MR) is 93.2 cm³/mol. The number of thiol groups is 1. The van der Waals surface area contributed by atoms with Crippen LogP contribution >= 0.6 is 24.8 Å². The van der Waals surface area contributed by atoms with Crippen molar-refractivity contribution < 1.29 is 29.0 Å². The summed E-state index contributed by atoms with van der Waals surface area (Å²) in [5.41, 5.74) is 9.56. The number of carbonyl (C=O) groups excluding carboxylic acids is 1. The van der Waals surface area contributed by atoms with E-state index in [4.69, 9.17) is 15.3 Å². The molecular formula is C14H30N2O2S2Zn. The first-order valence-electron chi connectivity index (χ1n) is 7.41. The third-order valence-corrected chi connectivity index (χ3v) is 2.86. The minimum atomic E-state index is -0.639. The first kappa shape index (κ1) is 26.1. The van der Waals surface area contributed by atoms with E-state index in [0.29, 0.717) is 6.61 Å². The van der Waals surface area contributed by atoms with Crippen molar-refractivity contribution in [3.8, 4) is 0 Å². The second-order valence-electron chi connectivity index (χ2n) is 4.69. The van der Waals surface area contributed by atoms with Crippen molar-refractivity contribution in [2.75, 3.05) is 6.61 Å². The Bertz CT molecular complexity index is 241. The molecule has 0 rings (SSSR count). The van der Waals surface area contributed by atoms with E-state index >= 15 is 0 Å². The van der Waals surface area contributed by atoms with Crippen LogP contribution in [0.1, 0.15) is 71.1 Å². The van der Waals surface area contributed by atoms with E-state index in [1.165, 1.54) is 57.8 Å². The summed E-state index contributed by atoms with van der Waals surface area (Å²) in [4.78, 5) is 9.09. The molecule has 0 saturated heterocycles. The minimum absolute atomic E-state index is 0. The van der Waals surface area contributed by atoms with Gasteiger partial charge in [0.1, 0.15) is 0 Å². The van der Waals surface area contributed by atoms with Gasteiger partial charge in [0, 0.05) is 19.5 Å². The second-order valence-corrected chi connectivity index (χ2v) is 5.53. The molecule has 7 heteroatoms. The van der Waals surface area contributed by atoms with E-state index in [2.05, 4.69) is 37.5 Å². The topological polar surface area (TPSA) is 78.3 Å². The largest absolute Gasteiger partial charge is 0.471 e. The van der Waals surface area contributed by atoms with Crippen LogP contribution in [0.4, 0.5) is 4.79 Å². The fourth-order valence-electron chi connectivity index (χ4n) is 1.76. The van der Waals surface area contributed by atoms with Gasteiger partial charge in [-0.25, -0.2) is 0 Å². The molecule has 0 aliphatic heterocycles. The Morgan fingerprint density at radius 2 is 1.29 bits per heavy atom. The molecule has 0 aromatic rings. The molecule has 0 aromatic heterocycles. The zero-order valence-corrected chi connectivity index (χ0v) is 18.0. The van der Waals surface area contributed by atoms with Crippen LogP contribution < -0.4 is 11.5 Å². The van der Waals surface area contributed by atoms with Gasteiger partial charge in [-0.3, -0.25) is 4.79 Å². The number of rotatable bonds is 11. The van der Waals surface area contributed by atoms with Crippen LogP contribution in [-0.4, -0.2) is 17.0 Å². The molecule has 0 radical (unpaired) electrons. The van der Waals surface area contributed by atoms with Crippen LogP contribution in [0.25, 0.3) is 0 Å². The van der Waals surface area contributed by atoms with Crippen LogP contribution in [0, 0.1) is 0 Å². The van der Waals surface area contributed by atoms with Gasteiger partial charge < -0.3 is 16.2 Å². The van der Waals surface area contributed by atoms with E-state index in [9.17, 15) is 0 Å². The number of amides is 1. The summed E-state index contributed by atoms with van der Waals surface area (Å²) in [7, 11) is 0. The van der Waals surface area contributed by atoms with Crippen LogP contribution in [0.5, 0.6) is 0 Å². The zero-order valence-electron chi connectivity index (χ0n) is 13.3. The number of thiocarbonyl (C=S) groups is 1. The molecule has 0 atom stereocenters. The number of ether oxygens (including phenoxy) is 1. The van der Waals surface area contributed by atoms with Crippen molar-refractivity contribution in [2.45, 2.75) is 71.1 Å². The Balaban J connectivity index is -0.000000572. The average molecular weight is 388 g/mol. The molecular weight excluding hydrogens is 358 g/mol. The van der Waals surface area contributed by atoms with Gasteiger partial charge in [0.05, 0.1) is 6.61 Å². The molecule has 0 aromatic carbocycles. The van der Waals surface area contributed by atoms with Crippen molar-refractivity contribution in [3.63, 3.8) is 0 Å². The summed E-state index contributed by atoms with van der Waals surface area (Å²) in [5, 5.41) is -0.462. The van der Waals surface area contributed by atoms with Crippen molar-refractivity contribution in [1.29, 1.82) is 0 Å². The van der Waals surface area contributed by atoms with Gasteiger partial charge in [-0.1, -0.05) is 77.3 Å². The Hall–Kier alpha value is 0.133. The Morgan fingerprint density at radius 3 is 1.62 bits per heavy atom. The Morgan fingerprint density at radius 1 is 0.952 bits per heavy atom. The summed E-state index contributed by atoms with van der Waals surface area (Å²) < 4.78 is 5.02. The third kappa shape index (κ3) is 38.4. The van der Waals surface area contributed by atoms with Gasteiger partial charge in [-0.2, -0.15) is 0 Å². The number of nitrogens with two attached hydrogens (primary N) is 2. The number of unbranched alkanes of at least 4 members (excludes halogenated alkanes) is 9. The summed E-state index contributed by atoms with van der Waals surface area (Å²) in [6.45, 7) is 2.95. The van der Waals surface area contributed by atoms with E-state index in [0.717, 1.165) is 6.42 Å². The first-order chi connectivity index (χ1) is 9.50. The number of hydrogen-bond donors (Lipinski definition) is 3. The maximum atomic E-state index is 9.09. The van der Waals surface area contributed by atoms with Crippen molar-refractivity contribution in [3.05, 3.63) is 0 Å². The van der Waals surface area contributed by atoms with Crippen LogP contribution in [0.15, 0.2) is 0 Å². The first-order valence-corrected chi connectivity index (χ1v) is 8.26. The number of carbonyl (C=O) groups is 1. The molecule has 1 amide bonds. The summed E-state index contributed by atoms with van der Waals surface area (Å²) in [6, 6.07) is 0. The smallest absolute Gasteiger partial charge is 0.273 e. The molecule has 0 bridgehead atoms. The van der Waals surface area contributed by atoms with Gasteiger partial charge in [0.15, 0.2) is 0 Å². The average Bonchev–Trinajstić information content (AvgIpc) is 2.35. The van der Waals surface area contributed by atoms with Gasteiger partial charge in [-0.05, 0) is 18.6 Å². The molecule has 4 nitrogen and oxygen atoms in total. The van der Waals surface area contributed by atoms with Gasteiger partial charge in [-0.15, -0.1) is 0 Å². The molecule has 21 heavy (non-hydrogen) atoms. The van der Waals surface area contributed by atoms with E-state index < -0.39 is 5.24 Å². The Kier molecular flexibility index (Phi) is 27.8. The van der Waals surface area contributed by atoms with Crippen molar-refractivity contribution in [1.82, 2.24) is 0 Å².